The van der Waals surface area contributed by atoms with Crippen LogP contribution in [0.5, 0.6) is 0 Å². The highest BCUT2D eigenvalue weighted by atomic mass is 32.1. The molecule has 1 aromatic rings. The Labute approximate surface area is 190 Å². The van der Waals surface area contributed by atoms with Crippen LogP contribution in [0, 0.1) is 5.92 Å². The van der Waals surface area contributed by atoms with Crippen molar-refractivity contribution in [1.82, 2.24) is 19.8 Å². The zero-order valence-electron chi connectivity index (χ0n) is 17.3. The molecule has 0 saturated carbocycles. The molecular formula is C21H22N6O4S. The Hall–Kier alpha value is -3.34. The molecule has 1 unspecified atom stereocenters. The van der Waals surface area contributed by atoms with E-state index in [2.05, 4.69) is 19.9 Å². The molecule has 2 saturated heterocycles. The van der Waals surface area contributed by atoms with Gasteiger partial charge >= 0.3 is 0 Å². The van der Waals surface area contributed by atoms with Gasteiger partial charge in [-0.15, -0.1) is 0 Å². The molecule has 4 heterocycles. The van der Waals surface area contributed by atoms with Crippen molar-refractivity contribution in [3.8, 4) is 0 Å². The lowest BCUT2D eigenvalue weighted by atomic mass is 9.94. The Bertz CT molecular complexity index is 1030. The topological polar surface area (TPSA) is 100 Å². The molecule has 166 valence electrons. The van der Waals surface area contributed by atoms with Crippen LogP contribution in [0.25, 0.3) is 0 Å². The van der Waals surface area contributed by atoms with Crippen LogP contribution in [0.15, 0.2) is 47.1 Å². The lowest BCUT2D eigenvalue weighted by Crippen LogP contribution is -2.49. The van der Waals surface area contributed by atoms with E-state index in [9.17, 15) is 9.59 Å². The maximum Gasteiger partial charge on any atom is 0.241 e. The fourth-order valence-corrected chi connectivity index (χ4v) is 4.38. The number of anilines is 1. The largest absolute Gasteiger partial charge is 0.454 e. The minimum atomic E-state index is -0.536. The molecule has 32 heavy (non-hydrogen) atoms. The van der Waals surface area contributed by atoms with Crippen molar-refractivity contribution >= 4 is 40.8 Å². The van der Waals surface area contributed by atoms with Gasteiger partial charge in [-0.1, -0.05) is 0 Å². The number of aromatic nitrogens is 2. The number of piperazine rings is 1. The van der Waals surface area contributed by atoms with Gasteiger partial charge in [-0.05, 0) is 30.8 Å². The second-order valence-electron chi connectivity index (χ2n) is 7.75. The third kappa shape index (κ3) is 3.95. The van der Waals surface area contributed by atoms with Gasteiger partial charge in [-0.25, -0.2) is 15.0 Å². The van der Waals surface area contributed by atoms with E-state index in [-0.39, 0.29) is 23.7 Å². The molecular weight excluding hydrogens is 432 g/mol. The quantitative estimate of drug-likeness (QED) is 0.605. The summed E-state index contributed by atoms with van der Waals surface area (Å²) in [4.78, 5) is 44.0. The number of aliphatic imine (C=N–C) groups is 1. The number of rotatable bonds is 5. The summed E-state index contributed by atoms with van der Waals surface area (Å²) in [5.74, 6) is 1.21. The van der Waals surface area contributed by atoms with E-state index in [0.29, 0.717) is 68.7 Å². The smallest absolute Gasteiger partial charge is 0.241 e. The Balaban J connectivity index is 1.13. The van der Waals surface area contributed by atoms with Gasteiger partial charge < -0.3 is 19.3 Å². The van der Waals surface area contributed by atoms with Crippen molar-refractivity contribution in [3.63, 3.8) is 0 Å². The number of ether oxygens (including phenoxy) is 2. The Morgan fingerprint density at radius 1 is 1.12 bits per heavy atom. The zero-order valence-corrected chi connectivity index (χ0v) is 18.2. The van der Waals surface area contributed by atoms with Crippen molar-refractivity contribution in [2.75, 3.05) is 44.4 Å². The van der Waals surface area contributed by atoms with Gasteiger partial charge in [0.25, 0.3) is 0 Å². The maximum absolute atomic E-state index is 13.0. The lowest BCUT2D eigenvalue weighted by molar-refractivity contribution is -0.132. The van der Waals surface area contributed by atoms with Crippen molar-refractivity contribution in [3.05, 3.63) is 42.1 Å². The van der Waals surface area contributed by atoms with Gasteiger partial charge in [0.15, 0.2) is 11.5 Å². The molecule has 0 radical (unpaired) electrons. The van der Waals surface area contributed by atoms with Crippen LogP contribution in [0.2, 0.25) is 0 Å². The predicted molar refractivity (Wildman–Crippen MR) is 118 cm³/mol. The van der Waals surface area contributed by atoms with Gasteiger partial charge in [-0.3, -0.25) is 14.5 Å². The Morgan fingerprint density at radius 2 is 1.88 bits per heavy atom. The molecule has 3 aliphatic heterocycles. The number of carbonyl (C=O) groups is 2. The van der Waals surface area contributed by atoms with E-state index in [1.54, 1.807) is 30.6 Å². The molecule has 0 aromatic carbocycles. The predicted octanol–water partition coefficient (Wildman–Crippen LogP) is 0.875. The van der Waals surface area contributed by atoms with Crippen LogP contribution in [0.1, 0.15) is 12.8 Å². The molecule has 1 aliphatic carbocycles. The molecule has 2 fully saturated rings. The van der Waals surface area contributed by atoms with Crippen LogP contribution in [0.4, 0.5) is 5.95 Å². The number of hydrogen-bond donors (Lipinski definition) is 0. The minimum absolute atomic E-state index is 0.0714. The highest BCUT2D eigenvalue weighted by Crippen LogP contribution is 2.31. The first-order valence-electron chi connectivity index (χ1n) is 10.5. The van der Waals surface area contributed by atoms with Crippen molar-refractivity contribution < 1.29 is 19.1 Å². The molecule has 5 rings (SSSR count). The van der Waals surface area contributed by atoms with Gasteiger partial charge in [0, 0.05) is 57.6 Å². The first-order valence-corrected chi connectivity index (χ1v) is 10.9. The van der Waals surface area contributed by atoms with Crippen LogP contribution < -0.4 is 4.90 Å². The van der Waals surface area contributed by atoms with Crippen molar-refractivity contribution in [2.45, 2.75) is 12.8 Å². The molecule has 4 aliphatic rings. The van der Waals surface area contributed by atoms with E-state index >= 15 is 0 Å². The molecule has 1 aromatic heterocycles. The molecule has 2 amide bonds. The van der Waals surface area contributed by atoms with Crippen LogP contribution in [-0.4, -0.2) is 81.9 Å². The number of nitrogens with zero attached hydrogens (tertiary/aromatic N) is 6. The standard InChI is InChI=1S/C21H22N6O4S/c28-18(25-7-9-26(10-8-25)20-22-4-2-5-23-20)3-1-6-27-19(29)14-11-16-17(31-13-30-16)12-15(14)24-21(27)32/h2,4-5,11-12,14H,1,3,6-10,13H2. The first-order chi connectivity index (χ1) is 15.6. The second kappa shape index (κ2) is 8.65. The molecule has 11 heteroatoms. The molecule has 10 nitrogen and oxygen atoms in total. The summed E-state index contributed by atoms with van der Waals surface area (Å²) >= 11 is 5.34. The summed E-state index contributed by atoms with van der Waals surface area (Å²) in [6.45, 7) is 3.12. The second-order valence-corrected chi connectivity index (χ2v) is 8.12. The van der Waals surface area contributed by atoms with Gasteiger partial charge in [-0.2, -0.15) is 0 Å². The number of amides is 2. The third-order valence-electron chi connectivity index (χ3n) is 5.81. The summed E-state index contributed by atoms with van der Waals surface area (Å²) in [7, 11) is 0. The van der Waals surface area contributed by atoms with Crippen LogP contribution >= 0.6 is 12.2 Å². The van der Waals surface area contributed by atoms with Crippen molar-refractivity contribution in [1.29, 1.82) is 0 Å². The van der Waals surface area contributed by atoms with Crippen LogP contribution in [-0.2, 0) is 19.1 Å². The Kier molecular flexibility index (Phi) is 5.56. The number of allylic oxidation sites excluding steroid dienone is 1. The van der Waals surface area contributed by atoms with E-state index in [1.165, 1.54) is 4.90 Å². The van der Waals surface area contributed by atoms with Gasteiger partial charge in [0.2, 0.25) is 29.7 Å². The van der Waals surface area contributed by atoms with E-state index in [0.717, 1.165) is 0 Å². The summed E-state index contributed by atoms with van der Waals surface area (Å²) in [5, 5.41) is 0.220. The number of fused-ring (bicyclic) bond motifs is 2. The minimum Gasteiger partial charge on any atom is -0.454 e. The fourth-order valence-electron chi connectivity index (χ4n) is 4.10. The average molecular weight is 455 g/mol. The van der Waals surface area contributed by atoms with Gasteiger partial charge in [0.05, 0.1) is 5.71 Å². The fraction of sp³-hybridized carbons (Fsp3) is 0.429. The number of hydrogen-bond acceptors (Lipinski definition) is 8. The zero-order chi connectivity index (χ0) is 22.1. The van der Waals surface area contributed by atoms with E-state index in [4.69, 9.17) is 21.7 Å². The normalized spacial score (nSPS) is 22.3. The first kappa shape index (κ1) is 20.6. The number of thiocarbonyl (C=S) groups is 1. The summed E-state index contributed by atoms with van der Waals surface area (Å²) in [5.41, 5.74) is 0.567. The lowest BCUT2D eigenvalue weighted by Gasteiger charge is -2.35. The highest BCUT2D eigenvalue weighted by molar-refractivity contribution is 7.80. The van der Waals surface area contributed by atoms with Crippen molar-refractivity contribution in [2.24, 2.45) is 10.9 Å². The summed E-state index contributed by atoms with van der Waals surface area (Å²) < 4.78 is 10.7. The average Bonchev–Trinajstić information content (AvgIpc) is 3.28. The SMILES string of the molecule is O=C(CCCN1C(=O)C2C=C3OCOC3=CC2=NC1=S)N1CCN(c2ncccn2)CC1. The monoisotopic (exact) mass is 454 g/mol. The Morgan fingerprint density at radius 3 is 2.66 bits per heavy atom. The van der Waals surface area contributed by atoms with E-state index < -0.39 is 5.92 Å². The molecule has 0 spiro atoms. The molecule has 1 atom stereocenters. The van der Waals surface area contributed by atoms with E-state index in [1.807, 2.05) is 4.90 Å². The highest BCUT2D eigenvalue weighted by Gasteiger charge is 2.38. The summed E-state index contributed by atoms with van der Waals surface area (Å²) in [6, 6.07) is 1.78. The molecule has 0 N–H and O–H groups in total. The number of carbonyl (C=O) groups excluding carboxylic acids is 2. The maximum atomic E-state index is 13.0. The summed E-state index contributed by atoms with van der Waals surface area (Å²) in [6.07, 6.45) is 7.72. The molecule has 0 bridgehead atoms. The third-order valence-corrected chi connectivity index (χ3v) is 6.13. The van der Waals surface area contributed by atoms with Gasteiger partial charge in [0.1, 0.15) is 5.92 Å². The van der Waals surface area contributed by atoms with Crippen LogP contribution in [0.3, 0.4) is 0 Å².